The van der Waals surface area contributed by atoms with Crippen LogP contribution >= 0.6 is 0 Å². The van der Waals surface area contributed by atoms with Gasteiger partial charge < -0.3 is 9.47 Å². The monoisotopic (exact) mass is 300 g/mol. The van der Waals surface area contributed by atoms with Gasteiger partial charge in [-0.1, -0.05) is 72.1 Å². The molecular weight excluding hydrogens is 268 g/mol. The summed E-state index contributed by atoms with van der Waals surface area (Å²) < 4.78 is 9.36. The van der Waals surface area contributed by atoms with Crippen molar-refractivity contribution in [1.29, 1.82) is 0 Å². The Hall–Kier alpha value is -1.06. The lowest BCUT2D eigenvalue weighted by atomic mass is 10.1. The van der Waals surface area contributed by atoms with E-state index in [9.17, 15) is 9.59 Å². The van der Waals surface area contributed by atoms with Crippen molar-refractivity contribution in [2.24, 2.45) is 5.92 Å². The maximum Gasteiger partial charge on any atom is 0.516 e. The van der Waals surface area contributed by atoms with Crippen LogP contribution < -0.4 is 0 Å². The molecule has 0 aliphatic heterocycles. The Morgan fingerprint density at radius 1 is 0.857 bits per heavy atom. The first kappa shape index (κ1) is 19.9. The van der Waals surface area contributed by atoms with Crippen molar-refractivity contribution in [2.75, 3.05) is 6.61 Å². The lowest BCUT2D eigenvalue weighted by Gasteiger charge is -2.06. The zero-order valence-electron chi connectivity index (χ0n) is 14.0. The molecule has 0 aromatic rings. The normalized spacial score (nSPS) is 10.7. The van der Waals surface area contributed by atoms with Crippen molar-refractivity contribution < 1.29 is 19.1 Å². The number of rotatable bonds is 12. The molecule has 0 bridgehead atoms. The first-order valence-electron chi connectivity index (χ1n) is 8.43. The number of carbonyl (C=O) groups is 2. The van der Waals surface area contributed by atoms with Gasteiger partial charge in [-0.3, -0.25) is 4.79 Å². The third kappa shape index (κ3) is 15.2. The van der Waals surface area contributed by atoms with Gasteiger partial charge in [-0.25, -0.2) is 4.79 Å². The van der Waals surface area contributed by atoms with E-state index in [1.165, 1.54) is 38.5 Å². The van der Waals surface area contributed by atoms with Crippen LogP contribution in [0, 0.1) is 5.92 Å². The lowest BCUT2D eigenvalue weighted by Crippen LogP contribution is -2.16. The Labute approximate surface area is 129 Å². The van der Waals surface area contributed by atoms with E-state index in [1.54, 1.807) is 0 Å². The average Bonchev–Trinajstić information content (AvgIpc) is 2.43. The minimum Gasteiger partial charge on any atom is -0.434 e. The molecule has 0 rings (SSSR count). The van der Waals surface area contributed by atoms with Gasteiger partial charge >= 0.3 is 12.1 Å². The molecule has 0 aliphatic rings. The standard InChI is InChI=1S/C17H32O4/c1-4-5-6-7-8-9-10-11-12-13-16(18)21-17(19)20-14-15(2)3/h15H,4-14H2,1-3H3. The fraction of sp³-hybridized carbons (Fsp3) is 0.882. The maximum atomic E-state index is 11.4. The highest BCUT2D eigenvalue weighted by atomic mass is 16.7. The molecule has 0 saturated carbocycles. The van der Waals surface area contributed by atoms with Crippen LogP contribution in [0.1, 0.15) is 85.0 Å². The van der Waals surface area contributed by atoms with Crippen LogP contribution in [0.3, 0.4) is 0 Å². The predicted molar refractivity (Wildman–Crippen MR) is 84.1 cm³/mol. The fourth-order valence-corrected chi connectivity index (χ4v) is 1.99. The van der Waals surface area contributed by atoms with Crippen LogP contribution in [0.2, 0.25) is 0 Å². The van der Waals surface area contributed by atoms with E-state index >= 15 is 0 Å². The summed E-state index contributed by atoms with van der Waals surface area (Å²) in [7, 11) is 0. The largest absolute Gasteiger partial charge is 0.516 e. The molecule has 0 aliphatic carbocycles. The Kier molecular flexibility index (Phi) is 13.2. The van der Waals surface area contributed by atoms with Crippen molar-refractivity contribution in [1.82, 2.24) is 0 Å². The topological polar surface area (TPSA) is 52.6 Å². The molecule has 0 atom stereocenters. The number of hydrogen-bond acceptors (Lipinski definition) is 4. The summed E-state index contributed by atoms with van der Waals surface area (Å²) in [4.78, 5) is 22.5. The van der Waals surface area contributed by atoms with Crippen LogP contribution in [0.5, 0.6) is 0 Å². The summed E-state index contributed by atoms with van der Waals surface area (Å²) in [6.45, 7) is 6.36. The Balaban J connectivity index is 3.35. The van der Waals surface area contributed by atoms with E-state index in [1.807, 2.05) is 13.8 Å². The molecule has 4 nitrogen and oxygen atoms in total. The molecule has 0 fully saturated rings. The summed E-state index contributed by atoms with van der Waals surface area (Å²) in [6.07, 6.45) is 10.2. The Morgan fingerprint density at radius 2 is 1.38 bits per heavy atom. The van der Waals surface area contributed by atoms with Crippen molar-refractivity contribution in [3.05, 3.63) is 0 Å². The van der Waals surface area contributed by atoms with Crippen molar-refractivity contribution in [2.45, 2.75) is 85.0 Å². The molecule has 0 heterocycles. The van der Waals surface area contributed by atoms with Gasteiger partial charge in [-0.2, -0.15) is 0 Å². The Morgan fingerprint density at radius 3 is 1.90 bits per heavy atom. The number of carbonyl (C=O) groups excluding carboxylic acids is 2. The summed E-state index contributed by atoms with van der Waals surface area (Å²) >= 11 is 0. The highest BCUT2D eigenvalue weighted by Crippen LogP contribution is 2.10. The van der Waals surface area contributed by atoms with Gasteiger partial charge in [-0.05, 0) is 12.3 Å². The van der Waals surface area contributed by atoms with Gasteiger partial charge in [0.1, 0.15) is 0 Å². The van der Waals surface area contributed by atoms with Gasteiger partial charge in [0, 0.05) is 6.42 Å². The molecule has 0 unspecified atom stereocenters. The van der Waals surface area contributed by atoms with Crippen LogP contribution in [-0.4, -0.2) is 18.7 Å². The molecule has 4 heteroatoms. The molecule has 21 heavy (non-hydrogen) atoms. The minimum absolute atomic E-state index is 0.241. The molecule has 0 N–H and O–H groups in total. The van der Waals surface area contributed by atoms with E-state index < -0.39 is 12.1 Å². The number of unbranched alkanes of at least 4 members (excludes halogenated alkanes) is 8. The van der Waals surface area contributed by atoms with Crippen LogP contribution in [0.15, 0.2) is 0 Å². The van der Waals surface area contributed by atoms with Crippen molar-refractivity contribution >= 4 is 12.1 Å². The van der Waals surface area contributed by atoms with Crippen LogP contribution in [0.25, 0.3) is 0 Å². The summed E-state index contributed by atoms with van der Waals surface area (Å²) in [6, 6.07) is 0. The van der Waals surface area contributed by atoms with Crippen LogP contribution in [0.4, 0.5) is 4.79 Å². The second-order valence-corrected chi connectivity index (χ2v) is 6.01. The average molecular weight is 300 g/mol. The van der Waals surface area contributed by atoms with Gasteiger partial charge in [0.25, 0.3) is 0 Å². The zero-order valence-corrected chi connectivity index (χ0v) is 14.0. The minimum atomic E-state index is -0.871. The van der Waals surface area contributed by atoms with Gasteiger partial charge in [-0.15, -0.1) is 0 Å². The van der Waals surface area contributed by atoms with E-state index in [2.05, 4.69) is 11.7 Å². The zero-order chi connectivity index (χ0) is 15.9. The number of esters is 1. The van der Waals surface area contributed by atoms with E-state index in [0.717, 1.165) is 19.3 Å². The Bertz CT molecular complexity index is 274. The first-order chi connectivity index (χ1) is 10.1. The second-order valence-electron chi connectivity index (χ2n) is 6.01. The van der Waals surface area contributed by atoms with Crippen molar-refractivity contribution in [3.63, 3.8) is 0 Å². The van der Waals surface area contributed by atoms with Gasteiger partial charge in [0.2, 0.25) is 0 Å². The highest BCUT2D eigenvalue weighted by molar-refractivity contribution is 5.81. The lowest BCUT2D eigenvalue weighted by molar-refractivity contribution is -0.140. The predicted octanol–water partition coefficient (Wildman–Crippen LogP) is 5.24. The molecule has 0 radical (unpaired) electrons. The molecule has 0 spiro atoms. The summed E-state index contributed by atoms with van der Waals surface area (Å²) in [5.74, 6) is -0.239. The number of ether oxygens (including phenoxy) is 2. The van der Waals surface area contributed by atoms with E-state index in [0.29, 0.717) is 6.42 Å². The quantitative estimate of drug-likeness (QED) is 0.281. The molecular formula is C17H32O4. The molecule has 0 aromatic heterocycles. The third-order valence-corrected chi connectivity index (χ3v) is 3.22. The van der Waals surface area contributed by atoms with Crippen molar-refractivity contribution in [3.8, 4) is 0 Å². The molecule has 0 aromatic carbocycles. The molecule has 124 valence electrons. The second kappa shape index (κ2) is 13.9. The molecule has 0 amide bonds. The SMILES string of the molecule is CCCCCCCCCCCC(=O)OC(=O)OCC(C)C. The fourth-order valence-electron chi connectivity index (χ4n) is 1.99. The maximum absolute atomic E-state index is 11.4. The van der Waals surface area contributed by atoms with E-state index in [4.69, 9.17) is 4.74 Å². The van der Waals surface area contributed by atoms with Gasteiger partial charge in [0.15, 0.2) is 0 Å². The van der Waals surface area contributed by atoms with Crippen LogP contribution in [-0.2, 0) is 14.3 Å². The van der Waals surface area contributed by atoms with Gasteiger partial charge in [0.05, 0.1) is 6.61 Å². The third-order valence-electron chi connectivity index (χ3n) is 3.22. The summed E-state index contributed by atoms with van der Waals surface area (Å²) in [5, 5.41) is 0. The number of hydrogen-bond donors (Lipinski definition) is 0. The first-order valence-corrected chi connectivity index (χ1v) is 8.43. The highest BCUT2D eigenvalue weighted by Gasteiger charge is 2.11. The van der Waals surface area contributed by atoms with E-state index in [-0.39, 0.29) is 12.5 Å². The molecule has 0 saturated heterocycles. The smallest absolute Gasteiger partial charge is 0.434 e. The summed E-state index contributed by atoms with van der Waals surface area (Å²) in [5.41, 5.74) is 0.